The van der Waals surface area contributed by atoms with E-state index in [4.69, 9.17) is 0 Å². The molecule has 0 radical (unpaired) electrons. The Bertz CT molecular complexity index is 441. The Balaban J connectivity index is 2.63. The third kappa shape index (κ3) is 5.59. The van der Waals surface area contributed by atoms with Gasteiger partial charge in [0.2, 0.25) is 0 Å². The zero-order valence-corrected chi connectivity index (χ0v) is 13.9. The standard InChI is InChI=1S/C15H26N2O2S/c1-9(2)6-12(18)8-16-15(19)14-13(7-10(3)4)17-11(5)20-14/h9-10,12,18H,6-8H2,1-5H3,(H,16,19). The van der Waals surface area contributed by atoms with E-state index in [2.05, 4.69) is 38.0 Å². The fraction of sp³-hybridized carbons (Fsp3) is 0.733. The molecule has 0 aliphatic carbocycles. The number of aliphatic hydroxyl groups is 1. The van der Waals surface area contributed by atoms with E-state index in [1.54, 1.807) is 0 Å². The van der Waals surface area contributed by atoms with Gasteiger partial charge < -0.3 is 10.4 Å². The van der Waals surface area contributed by atoms with E-state index in [1.807, 2.05) is 6.92 Å². The van der Waals surface area contributed by atoms with Crippen LogP contribution >= 0.6 is 11.3 Å². The fourth-order valence-electron chi connectivity index (χ4n) is 2.09. The van der Waals surface area contributed by atoms with Crippen LogP contribution in [-0.2, 0) is 6.42 Å². The van der Waals surface area contributed by atoms with Crippen molar-refractivity contribution in [1.29, 1.82) is 0 Å². The minimum absolute atomic E-state index is 0.117. The van der Waals surface area contributed by atoms with Crippen LogP contribution < -0.4 is 5.32 Å². The first-order valence-corrected chi connectivity index (χ1v) is 8.03. The molecule has 0 saturated carbocycles. The van der Waals surface area contributed by atoms with Crippen LogP contribution in [0.1, 0.15) is 54.5 Å². The van der Waals surface area contributed by atoms with E-state index in [0.717, 1.165) is 17.1 Å². The van der Waals surface area contributed by atoms with Gasteiger partial charge in [-0.25, -0.2) is 4.98 Å². The molecule has 2 N–H and O–H groups in total. The Morgan fingerprint density at radius 2 is 1.95 bits per heavy atom. The summed E-state index contributed by atoms with van der Waals surface area (Å²) >= 11 is 1.43. The number of nitrogens with one attached hydrogen (secondary N) is 1. The lowest BCUT2D eigenvalue weighted by Gasteiger charge is -2.13. The molecule has 1 heterocycles. The van der Waals surface area contributed by atoms with Crippen molar-refractivity contribution in [3.63, 3.8) is 0 Å². The van der Waals surface area contributed by atoms with Crippen LogP contribution in [0.25, 0.3) is 0 Å². The molecule has 0 aliphatic rings. The zero-order chi connectivity index (χ0) is 15.3. The second-order valence-electron chi connectivity index (χ2n) is 6.10. The van der Waals surface area contributed by atoms with Crippen LogP contribution in [-0.4, -0.2) is 28.6 Å². The number of hydrogen-bond donors (Lipinski definition) is 2. The molecule has 0 fully saturated rings. The number of aromatic nitrogens is 1. The maximum absolute atomic E-state index is 12.2. The highest BCUT2D eigenvalue weighted by atomic mass is 32.1. The molecule has 0 bridgehead atoms. The van der Waals surface area contributed by atoms with Gasteiger partial charge in [-0.15, -0.1) is 11.3 Å². The Kier molecular flexibility index (Phi) is 6.62. The molecule has 1 rings (SSSR count). The van der Waals surface area contributed by atoms with Crippen molar-refractivity contribution in [2.24, 2.45) is 11.8 Å². The maximum Gasteiger partial charge on any atom is 0.263 e. The molecule has 0 spiro atoms. The van der Waals surface area contributed by atoms with E-state index in [9.17, 15) is 9.90 Å². The minimum Gasteiger partial charge on any atom is -0.391 e. The highest BCUT2D eigenvalue weighted by Crippen LogP contribution is 2.20. The van der Waals surface area contributed by atoms with Gasteiger partial charge in [0, 0.05) is 6.54 Å². The predicted octanol–water partition coefficient (Wildman–Crippen LogP) is 2.79. The lowest BCUT2D eigenvalue weighted by atomic mass is 10.1. The Morgan fingerprint density at radius 1 is 1.30 bits per heavy atom. The van der Waals surface area contributed by atoms with Crippen LogP contribution in [0.3, 0.4) is 0 Å². The number of thiazole rings is 1. The lowest BCUT2D eigenvalue weighted by molar-refractivity contribution is 0.0903. The van der Waals surface area contributed by atoms with Crippen molar-refractivity contribution in [2.75, 3.05) is 6.54 Å². The minimum atomic E-state index is -0.485. The fourth-order valence-corrected chi connectivity index (χ4v) is 2.95. The topological polar surface area (TPSA) is 62.2 Å². The number of carbonyl (C=O) groups is 1. The largest absolute Gasteiger partial charge is 0.391 e. The van der Waals surface area contributed by atoms with Crippen molar-refractivity contribution in [2.45, 2.75) is 53.6 Å². The number of amides is 1. The molecule has 1 aromatic heterocycles. The lowest BCUT2D eigenvalue weighted by Crippen LogP contribution is -2.32. The molecule has 114 valence electrons. The molecule has 1 amide bonds. The highest BCUT2D eigenvalue weighted by Gasteiger charge is 2.18. The van der Waals surface area contributed by atoms with Gasteiger partial charge in [-0.1, -0.05) is 27.7 Å². The number of rotatable bonds is 7. The number of nitrogens with zero attached hydrogens (tertiary/aromatic N) is 1. The maximum atomic E-state index is 12.2. The molecule has 0 saturated heterocycles. The second kappa shape index (κ2) is 7.74. The Morgan fingerprint density at radius 3 is 2.50 bits per heavy atom. The summed E-state index contributed by atoms with van der Waals surface area (Å²) < 4.78 is 0. The van der Waals surface area contributed by atoms with Crippen LogP contribution in [0.2, 0.25) is 0 Å². The Labute approximate surface area is 125 Å². The molecule has 0 aliphatic heterocycles. The number of aliphatic hydroxyl groups excluding tert-OH is 1. The van der Waals surface area contributed by atoms with Gasteiger partial charge in [-0.2, -0.15) is 0 Å². The number of carbonyl (C=O) groups excluding carboxylic acids is 1. The SMILES string of the molecule is Cc1nc(CC(C)C)c(C(=O)NCC(O)CC(C)C)s1. The van der Waals surface area contributed by atoms with Gasteiger partial charge in [-0.05, 0) is 31.6 Å². The summed E-state index contributed by atoms with van der Waals surface area (Å²) in [7, 11) is 0. The molecule has 1 atom stereocenters. The van der Waals surface area contributed by atoms with Crippen molar-refractivity contribution in [1.82, 2.24) is 10.3 Å². The molecule has 4 nitrogen and oxygen atoms in total. The summed E-state index contributed by atoms with van der Waals surface area (Å²) in [6, 6.07) is 0. The molecule has 20 heavy (non-hydrogen) atoms. The van der Waals surface area contributed by atoms with Gasteiger partial charge in [-0.3, -0.25) is 4.79 Å². The molecule has 5 heteroatoms. The molecule has 1 aromatic rings. The zero-order valence-electron chi connectivity index (χ0n) is 13.1. The van der Waals surface area contributed by atoms with Crippen LogP contribution in [0.5, 0.6) is 0 Å². The van der Waals surface area contributed by atoms with E-state index < -0.39 is 6.10 Å². The summed E-state index contributed by atoms with van der Waals surface area (Å²) in [6.07, 6.45) is 1.02. The Hall–Kier alpha value is -0.940. The smallest absolute Gasteiger partial charge is 0.263 e. The summed E-state index contributed by atoms with van der Waals surface area (Å²) in [4.78, 5) is 17.3. The number of aryl methyl sites for hydroxylation is 1. The molecule has 0 aromatic carbocycles. The van der Waals surface area contributed by atoms with Gasteiger partial charge in [0.15, 0.2) is 0 Å². The summed E-state index contributed by atoms with van der Waals surface area (Å²) in [6.45, 7) is 10.6. The van der Waals surface area contributed by atoms with Crippen molar-refractivity contribution < 1.29 is 9.90 Å². The van der Waals surface area contributed by atoms with Crippen molar-refractivity contribution in [3.05, 3.63) is 15.6 Å². The summed E-state index contributed by atoms with van der Waals surface area (Å²) in [5.74, 6) is 0.771. The van der Waals surface area contributed by atoms with Crippen LogP contribution in [0.4, 0.5) is 0 Å². The summed E-state index contributed by atoms with van der Waals surface area (Å²) in [5, 5.41) is 13.5. The normalized spacial score (nSPS) is 13.0. The van der Waals surface area contributed by atoms with E-state index in [1.165, 1.54) is 11.3 Å². The van der Waals surface area contributed by atoms with E-state index in [-0.39, 0.29) is 5.91 Å². The molecular weight excluding hydrogens is 272 g/mol. The number of hydrogen-bond acceptors (Lipinski definition) is 4. The first-order chi connectivity index (χ1) is 9.29. The van der Waals surface area contributed by atoms with Crippen LogP contribution in [0.15, 0.2) is 0 Å². The van der Waals surface area contributed by atoms with Crippen molar-refractivity contribution in [3.8, 4) is 0 Å². The van der Waals surface area contributed by atoms with Crippen molar-refractivity contribution >= 4 is 17.2 Å². The highest BCUT2D eigenvalue weighted by molar-refractivity contribution is 7.13. The average Bonchev–Trinajstić information content (AvgIpc) is 2.65. The third-order valence-electron chi connectivity index (χ3n) is 2.85. The van der Waals surface area contributed by atoms with Gasteiger partial charge in [0.05, 0.1) is 16.8 Å². The van der Waals surface area contributed by atoms with Gasteiger partial charge in [0.1, 0.15) is 4.88 Å². The predicted molar refractivity (Wildman–Crippen MR) is 83.2 cm³/mol. The van der Waals surface area contributed by atoms with Gasteiger partial charge >= 0.3 is 0 Å². The molecule has 1 unspecified atom stereocenters. The summed E-state index contributed by atoms with van der Waals surface area (Å²) in [5.41, 5.74) is 0.873. The average molecular weight is 298 g/mol. The first kappa shape index (κ1) is 17.1. The quantitative estimate of drug-likeness (QED) is 0.813. The monoisotopic (exact) mass is 298 g/mol. The first-order valence-electron chi connectivity index (χ1n) is 7.22. The third-order valence-corrected chi connectivity index (χ3v) is 3.87. The van der Waals surface area contributed by atoms with Crippen LogP contribution in [0, 0.1) is 18.8 Å². The van der Waals surface area contributed by atoms with Gasteiger partial charge in [0.25, 0.3) is 5.91 Å². The van der Waals surface area contributed by atoms with E-state index in [0.29, 0.717) is 29.7 Å². The molecular formula is C15H26N2O2S. The second-order valence-corrected chi connectivity index (χ2v) is 7.30. The van der Waals surface area contributed by atoms with E-state index >= 15 is 0 Å².